The summed E-state index contributed by atoms with van der Waals surface area (Å²) in [6.45, 7) is 0.393. The van der Waals surface area contributed by atoms with Crippen molar-refractivity contribution in [2.45, 2.75) is 19.3 Å². The SMILES string of the molecule is CNC(=O)CCCOc1ccccc1CC(=O)O. The van der Waals surface area contributed by atoms with Crippen LogP contribution in [0, 0.1) is 0 Å². The highest BCUT2D eigenvalue weighted by atomic mass is 16.5. The third-order valence-corrected chi connectivity index (χ3v) is 2.40. The van der Waals surface area contributed by atoms with Crippen LogP contribution in [0.3, 0.4) is 0 Å². The van der Waals surface area contributed by atoms with E-state index in [-0.39, 0.29) is 12.3 Å². The molecule has 0 aliphatic carbocycles. The third-order valence-electron chi connectivity index (χ3n) is 2.40. The van der Waals surface area contributed by atoms with Gasteiger partial charge in [0.25, 0.3) is 0 Å². The Labute approximate surface area is 106 Å². The fourth-order valence-electron chi connectivity index (χ4n) is 1.49. The molecule has 1 aromatic rings. The molecule has 18 heavy (non-hydrogen) atoms. The fraction of sp³-hybridized carbons (Fsp3) is 0.385. The van der Waals surface area contributed by atoms with Crippen molar-refractivity contribution in [1.82, 2.24) is 5.32 Å². The van der Waals surface area contributed by atoms with Crippen molar-refractivity contribution in [2.24, 2.45) is 0 Å². The highest BCUT2D eigenvalue weighted by Gasteiger charge is 2.07. The summed E-state index contributed by atoms with van der Waals surface area (Å²) in [5, 5.41) is 11.3. The first-order chi connectivity index (χ1) is 8.63. The number of hydrogen-bond acceptors (Lipinski definition) is 3. The third kappa shape index (κ3) is 4.86. The normalized spacial score (nSPS) is 9.83. The van der Waals surface area contributed by atoms with Crippen LogP contribution in [0.2, 0.25) is 0 Å². The van der Waals surface area contributed by atoms with Gasteiger partial charge in [0, 0.05) is 19.0 Å². The highest BCUT2D eigenvalue weighted by molar-refractivity contribution is 5.75. The van der Waals surface area contributed by atoms with Crippen molar-refractivity contribution < 1.29 is 19.4 Å². The van der Waals surface area contributed by atoms with Crippen molar-refractivity contribution in [3.8, 4) is 5.75 Å². The monoisotopic (exact) mass is 251 g/mol. The predicted octanol–water partition coefficient (Wildman–Crippen LogP) is 1.22. The van der Waals surface area contributed by atoms with E-state index in [1.54, 1.807) is 31.3 Å². The van der Waals surface area contributed by atoms with Crippen molar-refractivity contribution in [1.29, 1.82) is 0 Å². The molecule has 5 nitrogen and oxygen atoms in total. The summed E-state index contributed by atoms with van der Waals surface area (Å²) in [6.07, 6.45) is 0.935. The summed E-state index contributed by atoms with van der Waals surface area (Å²) in [5.74, 6) is -0.356. The Balaban J connectivity index is 2.46. The molecule has 0 aromatic heterocycles. The first-order valence-electron chi connectivity index (χ1n) is 5.76. The molecule has 1 amide bonds. The zero-order valence-corrected chi connectivity index (χ0v) is 10.3. The first-order valence-corrected chi connectivity index (χ1v) is 5.76. The van der Waals surface area contributed by atoms with Crippen molar-refractivity contribution in [2.75, 3.05) is 13.7 Å². The van der Waals surface area contributed by atoms with Gasteiger partial charge in [0.2, 0.25) is 5.91 Å². The van der Waals surface area contributed by atoms with E-state index in [1.807, 2.05) is 0 Å². The number of aliphatic carboxylic acids is 1. The maximum absolute atomic E-state index is 11.0. The predicted molar refractivity (Wildman–Crippen MR) is 66.6 cm³/mol. The average Bonchev–Trinajstić information content (AvgIpc) is 2.35. The molecule has 0 aliphatic heterocycles. The summed E-state index contributed by atoms with van der Waals surface area (Å²) < 4.78 is 5.49. The number of amides is 1. The molecule has 0 bridgehead atoms. The minimum Gasteiger partial charge on any atom is -0.493 e. The molecule has 1 aromatic carbocycles. The van der Waals surface area contributed by atoms with E-state index < -0.39 is 5.97 Å². The number of carboxylic acids is 1. The molecule has 5 heteroatoms. The summed E-state index contributed by atoms with van der Waals surface area (Å²) in [4.78, 5) is 21.7. The van der Waals surface area contributed by atoms with Gasteiger partial charge in [-0.1, -0.05) is 18.2 Å². The molecule has 2 N–H and O–H groups in total. The number of rotatable bonds is 7. The molecule has 0 saturated heterocycles. The van der Waals surface area contributed by atoms with Crippen LogP contribution < -0.4 is 10.1 Å². The summed E-state index contributed by atoms with van der Waals surface area (Å²) in [7, 11) is 1.59. The van der Waals surface area contributed by atoms with Crippen molar-refractivity contribution >= 4 is 11.9 Å². The molecule has 1 rings (SSSR count). The van der Waals surface area contributed by atoms with E-state index in [4.69, 9.17) is 9.84 Å². The molecule has 0 spiro atoms. The van der Waals surface area contributed by atoms with E-state index in [0.717, 1.165) is 0 Å². The summed E-state index contributed by atoms with van der Waals surface area (Å²) in [5.41, 5.74) is 0.643. The van der Waals surface area contributed by atoms with Crippen LogP contribution in [-0.2, 0) is 16.0 Å². The lowest BCUT2D eigenvalue weighted by Gasteiger charge is -2.09. The minimum atomic E-state index is -0.892. The highest BCUT2D eigenvalue weighted by Crippen LogP contribution is 2.18. The smallest absolute Gasteiger partial charge is 0.307 e. The first kappa shape index (κ1) is 14.0. The maximum atomic E-state index is 11.0. The van der Waals surface area contributed by atoms with E-state index >= 15 is 0 Å². The fourth-order valence-corrected chi connectivity index (χ4v) is 1.49. The minimum absolute atomic E-state index is 0.0302. The molecule has 0 heterocycles. The molecule has 98 valence electrons. The van der Waals surface area contributed by atoms with Crippen LogP contribution in [0.5, 0.6) is 5.75 Å². The largest absolute Gasteiger partial charge is 0.493 e. The Morgan fingerprint density at radius 2 is 2.06 bits per heavy atom. The van der Waals surface area contributed by atoms with E-state index in [2.05, 4.69) is 5.32 Å². The van der Waals surface area contributed by atoms with Gasteiger partial charge < -0.3 is 15.2 Å². The Morgan fingerprint density at radius 1 is 1.33 bits per heavy atom. The summed E-state index contributed by atoms with van der Waals surface area (Å²) >= 11 is 0. The van der Waals surface area contributed by atoms with Crippen LogP contribution in [0.1, 0.15) is 18.4 Å². The number of ether oxygens (including phenoxy) is 1. The molecule has 0 radical (unpaired) electrons. The van der Waals surface area contributed by atoms with E-state index in [0.29, 0.717) is 30.8 Å². The topological polar surface area (TPSA) is 75.6 Å². The zero-order valence-electron chi connectivity index (χ0n) is 10.3. The average molecular weight is 251 g/mol. The number of benzene rings is 1. The number of carboxylic acid groups (broad SMARTS) is 1. The van der Waals surface area contributed by atoms with Gasteiger partial charge in [0.05, 0.1) is 13.0 Å². The van der Waals surface area contributed by atoms with Crippen LogP contribution in [0.25, 0.3) is 0 Å². The van der Waals surface area contributed by atoms with Gasteiger partial charge in [-0.05, 0) is 12.5 Å². The van der Waals surface area contributed by atoms with Gasteiger partial charge >= 0.3 is 5.97 Å². The lowest BCUT2D eigenvalue weighted by molar-refractivity contribution is -0.136. The second-order valence-corrected chi connectivity index (χ2v) is 3.80. The number of para-hydroxylation sites is 1. The van der Waals surface area contributed by atoms with Gasteiger partial charge in [-0.15, -0.1) is 0 Å². The Hall–Kier alpha value is -2.04. The van der Waals surface area contributed by atoms with Gasteiger partial charge in [-0.25, -0.2) is 0 Å². The second kappa shape index (κ2) is 7.32. The number of carbonyl (C=O) groups excluding carboxylic acids is 1. The Bertz CT molecular complexity index is 417. The lowest BCUT2D eigenvalue weighted by atomic mass is 10.1. The van der Waals surface area contributed by atoms with Crippen LogP contribution in [-0.4, -0.2) is 30.6 Å². The van der Waals surface area contributed by atoms with Crippen LogP contribution >= 0.6 is 0 Å². The second-order valence-electron chi connectivity index (χ2n) is 3.80. The van der Waals surface area contributed by atoms with Crippen LogP contribution in [0.15, 0.2) is 24.3 Å². The summed E-state index contributed by atoms with van der Waals surface area (Å²) in [6, 6.07) is 7.02. The van der Waals surface area contributed by atoms with Crippen LogP contribution in [0.4, 0.5) is 0 Å². The Kier molecular flexibility index (Phi) is 5.70. The lowest BCUT2D eigenvalue weighted by Crippen LogP contribution is -2.18. The van der Waals surface area contributed by atoms with E-state index in [1.165, 1.54) is 0 Å². The quantitative estimate of drug-likeness (QED) is 0.714. The number of nitrogens with one attached hydrogen (secondary N) is 1. The maximum Gasteiger partial charge on any atom is 0.307 e. The Morgan fingerprint density at radius 3 is 2.72 bits per heavy atom. The molecule has 0 aliphatic rings. The molecule has 0 saturated carbocycles. The standard InChI is InChI=1S/C13H17NO4/c1-14-12(15)7-4-8-18-11-6-3-2-5-10(11)9-13(16)17/h2-3,5-6H,4,7-9H2,1H3,(H,14,15)(H,16,17). The van der Waals surface area contributed by atoms with Gasteiger partial charge in [0.1, 0.15) is 5.75 Å². The molecular formula is C13H17NO4. The van der Waals surface area contributed by atoms with Crippen molar-refractivity contribution in [3.05, 3.63) is 29.8 Å². The number of carbonyl (C=O) groups is 2. The van der Waals surface area contributed by atoms with Gasteiger partial charge in [-0.2, -0.15) is 0 Å². The zero-order chi connectivity index (χ0) is 13.4. The molecule has 0 fully saturated rings. The van der Waals surface area contributed by atoms with Crippen molar-refractivity contribution in [3.63, 3.8) is 0 Å². The molecule has 0 atom stereocenters. The van der Waals surface area contributed by atoms with Gasteiger partial charge in [0.15, 0.2) is 0 Å². The van der Waals surface area contributed by atoms with E-state index in [9.17, 15) is 9.59 Å². The van der Waals surface area contributed by atoms with Gasteiger partial charge in [-0.3, -0.25) is 9.59 Å². The molecule has 0 unspecified atom stereocenters. The molecular weight excluding hydrogens is 234 g/mol. The number of hydrogen-bond donors (Lipinski definition) is 2.